The number of hydrogen-bond acceptors (Lipinski definition) is 2. The molecule has 7 heavy (non-hydrogen) atoms. The smallest absolute Gasteiger partial charge is 0.371 e. The fourth-order valence-electron chi connectivity index (χ4n) is 0. The summed E-state index contributed by atoms with van der Waals surface area (Å²) in [7, 11) is 0. The number of hydrogen-bond donors (Lipinski definition) is 1. The molecule has 0 aromatic heterocycles. The van der Waals surface area contributed by atoms with Crippen molar-refractivity contribution in [3.63, 3.8) is 0 Å². The summed E-state index contributed by atoms with van der Waals surface area (Å²) in [4.78, 5) is 18.9. The molecule has 0 atom stereocenters. The monoisotopic (exact) mass is 140 g/mol. The summed E-state index contributed by atoms with van der Waals surface area (Å²) in [5, 5.41) is 7.64. The van der Waals surface area contributed by atoms with Crippen LogP contribution in [0.25, 0.3) is 0 Å². The first-order valence-electron chi connectivity index (χ1n) is 1.38. The zero-order valence-corrected chi connectivity index (χ0v) is 4.95. The van der Waals surface area contributed by atoms with Gasteiger partial charge in [-0.05, 0) is 0 Å². The van der Waals surface area contributed by atoms with Crippen molar-refractivity contribution >= 4 is 11.8 Å². The molecule has 0 fully saturated rings. The van der Waals surface area contributed by atoms with Crippen LogP contribution in [0.1, 0.15) is 6.92 Å². The van der Waals surface area contributed by atoms with E-state index in [-0.39, 0.29) is 17.4 Å². The maximum atomic E-state index is 9.54. The number of aliphatic carboxylic acids is 1. The van der Waals surface area contributed by atoms with Gasteiger partial charge in [0.25, 0.3) is 0 Å². The van der Waals surface area contributed by atoms with Crippen LogP contribution in [0.15, 0.2) is 0 Å². The second-order valence-electron chi connectivity index (χ2n) is 0.861. The quantitative estimate of drug-likeness (QED) is 0.507. The maximum Gasteiger partial charge on any atom is 0.371 e. The van der Waals surface area contributed by atoms with Crippen molar-refractivity contribution in [3.8, 4) is 0 Å². The predicted octanol–water partition coefficient (Wildman–Crippen LogP) is -0.343. The summed E-state index contributed by atoms with van der Waals surface area (Å²) in [6.07, 6.45) is 0. The molecule has 0 aliphatic rings. The second-order valence-corrected chi connectivity index (χ2v) is 0.861. The summed E-state index contributed by atoms with van der Waals surface area (Å²) in [5.74, 6) is -2.20. The average molecular weight is 140 g/mol. The van der Waals surface area contributed by atoms with Gasteiger partial charge in [-0.15, -0.1) is 0 Å². The number of carbonyl (C=O) groups is 2. The molecule has 0 aromatic rings. The standard InChI is InChI=1S/C3H4O3.Cr/c1-2(4)3(5)6;/h1H3,(H,5,6);. The number of carboxylic acids is 1. The first kappa shape index (κ1) is 9.83. The van der Waals surface area contributed by atoms with Gasteiger partial charge in [-0.1, -0.05) is 0 Å². The van der Waals surface area contributed by atoms with Crippen LogP contribution in [0.2, 0.25) is 0 Å². The molecule has 0 heterocycles. The zero-order chi connectivity index (χ0) is 5.15. The van der Waals surface area contributed by atoms with E-state index in [4.69, 9.17) is 5.11 Å². The largest absolute Gasteiger partial charge is 0.476 e. The van der Waals surface area contributed by atoms with E-state index in [1.165, 1.54) is 0 Å². The Bertz CT molecular complexity index is 76.2. The van der Waals surface area contributed by atoms with Gasteiger partial charge in [0.1, 0.15) is 0 Å². The molecule has 0 bridgehead atoms. The molecule has 0 aliphatic heterocycles. The molecule has 0 rings (SSSR count). The van der Waals surface area contributed by atoms with Gasteiger partial charge in [-0.2, -0.15) is 0 Å². The summed E-state index contributed by atoms with van der Waals surface area (Å²) in [5.41, 5.74) is 0. The van der Waals surface area contributed by atoms with Gasteiger partial charge in [-0.3, -0.25) is 4.79 Å². The summed E-state index contributed by atoms with van der Waals surface area (Å²) in [6, 6.07) is 0. The molecule has 0 radical (unpaired) electrons. The van der Waals surface area contributed by atoms with Crippen LogP contribution in [0.4, 0.5) is 0 Å². The summed E-state index contributed by atoms with van der Waals surface area (Å²) >= 11 is 0. The van der Waals surface area contributed by atoms with Crippen molar-refractivity contribution in [2.75, 3.05) is 0 Å². The molecule has 1 N–H and O–H groups in total. The fourth-order valence-corrected chi connectivity index (χ4v) is 0. The van der Waals surface area contributed by atoms with Crippen molar-refractivity contribution in [1.82, 2.24) is 0 Å². The maximum absolute atomic E-state index is 9.54. The van der Waals surface area contributed by atoms with E-state index in [1.54, 1.807) is 0 Å². The van der Waals surface area contributed by atoms with Crippen molar-refractivity contribution < 1.29 is 32.1 Å². The number of ketones is 1. The number of Topliss-reactive ketones (excluding diaryl/α,β-unsaturated/α-hetero) is 1. The average Bonchev–Trinajstić information content (AvgIpc) is 1.36. The van der Waals surface area contributed by atoms with Gasteiger partial charge in [0.15, 0.2) is 0 Å². The minimum atomic E-state index is -1.38. The van der Waals surface area contributed by atoms with E-state index >= 15 is 0 Å². The van der Waals surface area contributed by atoms with Gasteiger partial charge < -0.3 is 5.11 Å². The van der Waals surface area contributed by atoms with Crippen LogP contribution in [-0.4, -0.2) is 16.9 Å². The molecule has 3 nitrogen and oxygen atoms in total. The Balaban J connectivity index is 0. The number of rotatable bonds is 1. The Morgan fingerprint density at radius 2 is 1.57 bits per heavy atom. The molecule has 0 saturated carbocycles. The van der Waals surface area contributed by atoms with Crippen molar-refractivity contribution in [2.45, 2.75) is 6.92 Å². The molecule has 40 valence electrons. The molecular formula is C3H4CrO3. The van der Waals surface area contributed by atoms with E-state index in [9.17, 15) is 9.59 Å². The van der Waals surface area contributed by atoms with Crippen LogP contribution in [0, 0.1) is 0 Å². The van der Waals surface area contributed by atoms with E-state index < -0.39 is 11.8 Å². The van der Waals surface area contributed by atoms with Crippen molar-refractivity contribution in [3.05, 3.63) is 0 Å². The van der Waals surface area contributed by atoms with Crippen LogP contribution < -0.4 is 0 Å². The van der Waals surface area contributed by atoms with Crippen molar-refractivity contribution in [1.29, 1.82) is 0 Å². The molecule has 4 heteroatoms. The number of carbonyl (C=O) groups excluding carboxylic acids is 1. The molecule has 0 amide bonds. The Morgan fingerprint density at radius 1 is 1.43 bits per heavy atom. The van der Waals surface area contributed by atoms with Gasteiger partial charge in [0, 0.05) is 24.3 Å². The molecule has 0 aromatic carbocycles. The molecule has 0 aliphatic carbocycles. The SMILES string of the molecule is CC(=O)C(=O)O.[Cr]. The van der Waals surface area contributed by atoms with Crippen LogP contribution in [-0.2, 0) is 27.0 Å². The Hall–Kier alpha value is -0.328. The van der Waals surface area contributed by atoms with E-state index in [2.05, 4.69) is 0 Å². The van der Waals surface area contributed by atoms with Crippen molar-refractivity contribution in [2.24, 2.45) is 0 Å². The third kappa shape index (κ3) is 5.67. The third-order valence-corrected chi connectivity index (χ3v) is 0.301. The minimum absolute atomic E-state index is 0. The van der Waals surface area contributed by atoms with E-state index in [0.717, 1.165) is 6.92 Å². The van der Waals surface area contributed by atoms with Gasteiger partial charge in [0.2, 0.25) is 5.78 Å². The minimum Gasteiger partial charge on any atom is -0.476 e. The van der Waals surface area contributed by atoms with Crippen LogP contribution in [0.5, 0.6) is 0 Å². The van der Waals surface area contributed by atoms with E-state index in [1.807, 2.05) is 0 Å². The predicted molar refractivity (Wildman–Crippen MR) is 18.3 cm³/mol. The normalized spacial score (nSPS) is 6.43. The summed E-state index contributed by atoms with van der Waals surface area (Å²) in [6.45, 7) is 1.00. The molecule has 0 unspecified atom stereocenters. The fraction of sp³-hybridized carbons (Fsp3) is 0.333. The topological polar surface area (TPSA) is 54.4 Å². The third-order valence-electron chi connectivity index (χ3n) is 0.301. The molecule has 0 spiro atoms. The van der Waals surface area contributed by atoms with Gasteiger partial charge in [-0.25, -0.2) is 4.79 Å². The Morgan fingerprint density at radius 3 is 1.57 bits per heavy atom. The van der Waals surface area contributed by atoms with E-state index in [0.29, 0.717) is 0 Å². The Labute approximate surface area is 51.5 Å². The summed E-state index contributed by atoms with van der Waals surface area (Å²) < 4.78 is 0. The molecular weight excluding hydrogens is 136 g/mol. The van der Waals surface area contributed by atoms with Gasteiger partial charge in [0.05, 0.1) is 0 Å². The van der Waals surface area contributed by atoms with Crippen LogP contribution >= 0.6 is 0 Å². The van der Waals surface area contributed by atoms with Crippen LogP contribution in [0.3, 0.4) is 0 Å². The zero-order valence-electron chi connectivity index (χ0n) is 3.67. The molecule has 0 saturated heterocycles. The Kier molecular flexibility index (Phi) is 5.41. The second kappa shape index (κ2) is 3.85. The van der Waals surface area contributed by atoms with Gasteiger partial charge >= 0.3 is 5.97 Å². The number of carboxylic acid groups (broad SMARTS) is 1. The first-order chi connectivity index (χ1) is 2.64. The first-order valence-corrected chi connectivity index (χ1v) is 1.38.